The van der Waals surface area contributed by atoms with Gasteiger partial charge in [0, 0.05) is 31.8 Å². The first-order chi connectivity index (χ1) is 9.72. The molecule has 0 unspecified atom stereocenters. The Morgan fingerprint density at radius 1 is 1.10 bits per heavy atom. The van der Waals surface area contributed by atoms with Crippen LogP contribution in [0.15, 0.2) is 48.5 Å². The Bertz CT molecular complexity index is 626. The maximum absolute atomic E-state index is 10.8. The van der Waals surface area contributed by atoms with E-state index in [2.05, 4.69) is 29.2 Å². The maximum atomic E-state index is 10.8. The van der Waals surface area contributed by atoms with Crippen molar-refractivity contribution in [1.29, 1.82) is 0 Å². The van der Waals surface area contributed by atoms with Gasteiger partial charge < -0.3 is 0 Å². The van der Waals surface area contributed by atoms with Crippen LogP contribution in [0.25, 0.3) is 0 Å². The summed E-state index contributed by atoms with van der Waals surface area (Å²) in [7, 11) is 0. The Morgan fingerprint density at radius 2 is 1.90 bits per heavy atom. The van der Waals surface area contributed by atoms with E-state index >= 15 is 0 Å². The fourth-order valence-electron chi connectivity index (χ4n) is 2.69. The monoisotopic (exact) mass is 268 g/mol. The van der Waals surface area contributed by atoms with E-state index in [0.29, 0.717) is 0 Å². The van der Waals surface area contributed by atoms with Crippen LogP contribution in [0, 0.1) is 10.1 Å². The second-order valence-corrected chi connectivity index (χ2v) is 5.16. The van der Waals surface area contributed by atoms with E-state index in [1.54, 1.807) is 12.1 Å². The van der Waals surface area contributed by atoms with Crippen molar-refractivity contribution in [2.75, 3.05) is 6.54 Å². The zero-order valence-electron chi connectivity index (χ0n) is 11.2. The number of hydrogen-bond acceptors (Lipinski definition) is 3. The Labute approximate surface area is 117 Å². The molecule has 4 heteroatoms. The van der Waals surface area contributed by atoms with Gasteiger partial charge in [0.2, 0.25) is 0 Å². The molecule has 0 aliphatic carbocycles. The first kappa shape index (κ1) is 12.8. The predicted molar refractivity (Wildman–Crippen MR) is 77.4 cm³/mol. The fourth-order valence-corrected chi connectivity index (χ4v) is 2.69. The standard InChI is InChI=1S/C16H16N2O2/c19-18(20)16-7-6-15-12-17(9-8-14(15)10-16)11-13-4-2-1-3-5-13/h1-7,10H,8-9,11-12H2. The molecule has 1 aliphatic heterocycles. The molecular weight excluding hydrogens is 252 g/mol. The highest BCUT2D eigenvalue weighted by Gasteiger charge is 2.18. The van der Waals surface area contributed by atoms with Gasteiger partial charge in [-0.15, -0.1) is 0 Å². The van der Waals surface area contributed by atoms with Gasteiger partial charge in [-0.3, -0.25) is 15.0 Å². The molecule has 2 aromatic rings. The quantitative estimate of drug-likeness (QED) is 0.634. The summed E-state index contributed by atoms with van der Waals surface area (Å²) in [5.41, 5.74) is 3.82. The van der Waals surface area contributed by atoms with Gasteiger partial charge in [-0.25, -0.2) is 0 Å². The van der Waals surface area contributed by atoms with Gasteiger partial charge in [0.05, 0.1) is 4.92 Å². The summed E-state index contributed by atoms with van der Waals surface area (Å²) in [4.78, 5) is 12.8. The molecule has 0 bridgehead atoms. The molecule has 0 spiro atoms. The SMILES string of the molecule is O=[N+]([O-])c1ccc2c(c1)CCN(Cc1ccccc1)C2. The van der Waals surface area contributed by atoms with Crippen LogP contribution in [-0.4, -0.2) is 16.4 Å². The summed E-state index contributed by atoms with van der Waals surface area (Å²) < 4.78 is 0. The molecule has 3 rings (SSSR count). The molecule has 2 aromatic carbocycles. The topological polar surface area (TPSA) is 46.4 Å². The number of nitro benzene ring substituents is 1. The molecule has 4 nitrogen and oxygen atoms in total. The maximum Gasteiger partial charge on any atom is 0.269 e. The van der Waals surface area contributed by atoms with E-state index in [-0.39, 0.29) is 10.6 Å². The van der Waals surface area contributed by atoms with E-state index < -0.39 is 0 Å². The van der Waals surface area contributed by atoms with Crippen molar-refractivity contribution in [1.82, 2.24) is 4.90 Å². The zero-order valence-corrected chi connectivity index (χ0v) is 11.2. The average Bonchev–Trinajstić information content (AvgIpc) is 2.47. The highest BCUT2D eigenvalue weighted by Crippen LogP contribution is 2.24. The van der Waals surface area contributed by atoms with Crippen LogP contribution < -0.4 is 0 Å². The molecule has 0 saturated heterocycles. The van der Waals surface area contributed by atoms with Crippen molar-refractivity contribution in [3.63, 3.8) is 0 Å². The summed E-state index contributed by atoms with van der Waals surface area (Å²) in [5, 5.41) is 10.8. The number of benzene rings is 2. The Kier molecular flexibility index (Phi) is 3.48. The first-order valence-electron chi connectivity index (χ1n) is 6.75. The molecule has 0 fully saturated rings. The number of nitrogens with zero attached hydrogens (tertiary/aromatic N) is 2. The highest BCUT2D eigenvalue weighted by atomic mass is 16.6. The minimum Gasteiger partial charge on any atom is -0.294 e. The van der Waals surface area contributed by atoms with Crippen LogP contribution in [0.2, 0.25) is 0 Å². The number of hydrogen-bond donors (Lipinski definition) is 0. The molecule has 0 amide bonds. The van der Waals surface area contributed by atoms with Crippen LogP contribution in [-0.2, 0) is 19.5 Å². The minimum atomic E-state index is -0.323. The summed E-state index contributed by atoms with van der Waals surface area (Å²) in [6.45, 7) is 2.74. The van der Waals surface area contributed by atoms with Crippen molar-refractivity contribution in [3.05, 3.63) is 75.3 Å². The highest BCUT2D eigenvalue weighted by molar-refractivity contribution is 5.41. The molecular formula is C16H16N2O2. The van der Waals surface area contributed by atoms with Crippen molar-refractivity contribution in [3.8, 4) is 0 Å². The van der Waals surface area contributed by atoms with E-state index in [4.69, 9.17) is 0 Å². The summed E-state index contributed by atoms with van der Waals surface area (Å²) in [5.74, 6) is 0. The molecule has 0 atom stereocenters. The van der Waals surface area contributed by atoms with E-state index in [0.717, 1.165) is 31.6 Å². The smallest absolute Gasteiger partial charge is 0.269 e. The van der Waals surface area contributed by atoms with Crippen molar-refractivity contribution < 1.29 is 4.92 Å². The molecule has 0 radical (unpaired) electrons. The Balaban J connectivity index is 1.74. The van der Waals surface area contributed by atoms with E-state index in [9.17, 15) is 10.1 Å². The minimum absolute atomic E-state index is 0.195. The zero-order chi connectivity index (χ0) is 13.9. The van der Waals surface area contributed by atoms with Gasteiger partial charge in [-0.05, 0) is 23.1 Å². The van der Waals surface area contributed by atoms with Crippen LogP contribution in [0.5, 0.6) is 0 Å². The molecule has 0 aromatic heterocycles. The first-order valence-corrected chi connectivity index (χ1v) is 6.75. The predicted octanol–water partition coefficient (Wildman–Crippen LogP) is 3.15. The lowest BCUT2D eigenvalue weighted by Gasteiger charge is -2.28. The summed E-state index contributed by atoms with van der Waals surface area (Å²) in [6, 6.07) is 15.6. The van der Waals surface area contributed by atoms with Crippen molar-refractivity contribution in [2.24, 2.45) is 0 Å². The number of fused-ring (bicyclic) bond motifs is 1. The normalized spacial score (nSPS) is 14.8. The Morgan fingerprint density at radius 3 is 2.65 bits per heavy atom. The third kappa shape index (κ3) is 2.70. The second-order valence-electron chi connectivity index (χ2n) is 5.16. The lowest BCUT2D eigenvalue weighted by atomic mass is 9.98. The van der Waals surface area contributed by atoms with Gasteiger partial charge in [0.1, 0.15) is 0 Å². The third-order valence-corrected chi connectivity index (χ3v) is 3.74. The van der Waals surface area contributed by atoms with Crippen molar-refractivity contribution in [2.45, 2.75) is 19.5 Å². The van der Waals surface area contributed by atoms with Gasteiger partial charge >= 0.3 is 0 Å². The molecule has 102 valence electrons. The number of nitro groups is 1. The van der Waals surface area contributed by atoms with Gasteiger partial charge in [-0.2, -0.15) is 0 Å². The fraction of sp³-hybridized carbons (Fsp3) is 0.250. The summed E-state index contributed by atoms with van der Waals surface area (Å²) in [6.07, 6.45) is 0.879. The lowest BCUT2D eigenvalue weighted by Crippen LogP contribution is -2.30. The van der Waals surface area contributed by atoms with Crippen molar-refractivity contribution >= 4 is 5.69 Å². The van der Waals surface area contributed by atoms with Crippen LogP contribution in [0.4, 0.5) is 5.69 Å². The molecule has 1 heterocycles. The van der Waals surface area contributed by atoms with Crippen LogP contribution >= 0.6 is 0 Å². The van der Waals surface area contributed by atoms with E-state index in [1.807, 2.05) is 12.1 Å². The van der Waals surface area contributed by atoms with E-state index in [1.165, 1.54) is 11.1 Å². The lowest BCUT2D eigenvalue weighted by molar-refractivity contribution is -0.384. The molecule has 1 aliphatic rings. The number of rotatable bonds is 3. The Hall–Kier alpha value is -2.20. The average molecular weight is 268 g/mol. The largest absolute Gasteiger partial charge is 0.294 e. The van der Waals surface area contributed by atoms with Gasteiger partial charge in [-0.1, -0.05) is 36.4 Å². The van der Waals surface area contributed by atoms with Gasteiger partial charge in [0.25, 0.3) is 5.69 Å². The number of non-ortho nitro benzene ring substituents is 1. The molecule has 20 heavy (non-hydrogen) atoms. The molecule has 0 N–H and O–H groups in total. The summed E-state index contributed by atoms with van der Waals surface area (Å²) >= 11 is 0. The molecule has 0 saturated carbocycles. The second kappa shape index (κ2) is 5.43. The van der Waals surface area contributed by atoms with Crippen LogP contribution in [0.1, 0.15) is 16.7 Å². The van der Waals surface area contributed by atoms with Gasteiger partial charge in [0.15, 0.2) is 0 Å². The van der Waals surface area contributed by atoms with Crippen LogP contribution in [0.3, 0.4) is 0 Å². The third-order valence-electron chi connectivity index (χ3n) is 3.74.